The Balaban J connectivity index is 2.05. The van der Waals surface area contributed by atoms with Crippen LogP contribution in [-0.2, 0) is 11.3 Å². The van der Waals surface area contributed by atoms with E-state index in [-0.39, 0.29) is 18.5 Å². The summed E-state index contributed by atoms with van der Waals surface area (Å²) in [7, 11) is 1.95. The maximum atomic E-state index is 13.1. The highest BCUT2D eigenvalue weighted by atomic mass is 19.1. The van der Waals surface area contributed by atoms with E-state index in [1.165, 1.54) is 18.6 Å². The molecule has 18 heavy (non-hydrogen) atoms. The van der Waals surface area contributed by atoms with Gasteiger partial charge < -0.3 is 14.7 Å². The zero-order valence-electron chi connectivity index (χ0n) is 10.7. The van der Waals surface area contributed by atoms with Gasteiger partial charge in [0, 0.05) is 31.5 Å². The Hall–Kier alpha value is -1.13. The Labute approximate surface area is 107 Å². The summed E-state index contributed by atoms with van der Waals surface area (Å²) in [5.41, 5.74) is 1.49. The highest BCUT2D eigenvalue weighted by Crippen LogP contribution is 2.23. The van der Waals surface area contributed by atoms with Gasteiger partial charge in [0.15, 0.2) is 0 Å². The Morgan fingerprint density at radius 3 is 2.94 bits per heavy atom. The van der Waals surface area contributed by atoms with Crippen molar-refractivity contribution < 1.29 is 14.2 Å². The molecule has 0 aromatic heterocycles. The first kappa shape index (κ1) is 13.3. The first-order chi connectivity index (χ1) is 8.70. The number of hydrogen-bond donors (Lipinski definition) is 1. The molecule has 0 aliphatic carbocycles. The van der Waals surface area contributed by atoms with Crippen molar-refractivity contribution in [1.29, 1.82) is 0 Å². The van der Waals surface area contributed by atoms with Crippen molar-refractivity contribution >= 4 is 5.69 Å². The van der Waals surface area contributed by atoms with Crippen molar-refractivity contribution in [3.05, 3.63) is 29.6 Å². The molecule has 1 aromatic carbocycles. The predicted molar refractivity (Wildman–Crippen MR) is 69.2 cm³/mol. The van der Waals surface area contributed by atoms with Gasteiger partial charge in [-0.3, -0.25) is 0 Å². The van der Waals surface area contributed by atoms with E-state index in [9.17, 15) is 9.50 Å². The average molecular weight is 253 g/mol. The minimum absolute atomic E-state index is 0.150. The Morgan fingerprint density at radius 2 is 2.28 bits per heavy atom. The molecule has 1 fully saturated rings. The third-order valence-electron chi connectivity index (χ3n) is 3.37. The van der Waals surface area contributed by atoms with Crippen LogP contribution in [0.2, 0.25) is 0 Å². The zero-order chi connectivity index (χ0) is 13.0. The standard InChI is InChI=1S/C14H20FNO2/c1-16(9-13-4-2-3-7-18-13)14-6-5-12(15)8-11(14)10-17/h5-6,8,13,17H,2-4,7,9-10H2,1H3. The molecule has 0 spiro atoms. The first-order valence-corrected chi connectivity index (χ1v) is 6.42. The Kier molecular flexibility index (Phi) is 4.55. The number of likely N-dealkylation sites (N-methyl/N-ethyl adjacent to an activating group) is 1. The number of hydrogen-bond acceptors (Lipinski definition) is 3. The molecule has 1 unspecified atom stereocenters. The fourth-order valence-electron chi connectivity index (χ4n) is 2.41. The quantitative estimate of drug-likeness (QED) is 0.894. The van der Waals surface area contributed by atoms with Crippen LogP contribution in [0.4, 0.5) is 10.1 Å². The molecule has 0 bridgehead atoms. The van der Waals surface area contributed by atoms with E-state index in [0.717, 1.165) is 31.7 Å². The van der Waals surface area contributed by atoms with Crippen molar-refractivity contribution in [3.63, 3.8) is 0 Å². The van der Waals surface area contributed by atoms with E-state index in [1.807, 2.05) is 11.9 Å². The molecule has 1 N–H and O–H groups in total. The second kappa shape index (κ2) is 6.16. The lowest BCUT2D eigenvalue weighted by molar-refractivity contribution is 0.0216. The number of nitrogens with zero attached hydrogens (tertiary/aromatic N) is 1. The molecule has 1 heterocycles. The fraction of sp³-hybridized carbons (Fsp3) is 0.571. The van der Waals surface area contributed by atoms with Crippen molar-refractivity contribution in [2.24, 2.45) is 0 Å². The Bertz CT molecular complexity index is 391. The smallest absolute Gasteiger partial charge is 0.123 e. The number of rotatable bonds is 4. The second-order valence-corrected chi connectivity index (χ2v) is 4.80. The second-order valence-electron chi connectivity index (χ2n) is 4.80. The molecule has 3 nitrogen and oxygen atoms in total. The van der Waals surface area contributed by atoms with Gasteiger partial charge in [0.2, 0.25) is 0 Å². The van der Waals surface area contributed by atoms with Crippen LogP contribution in [0.5, 0.6) is 0 Å². The SMILES string of the molecule is CN(CC1CCCCO1)c1ccc(F)cc1CO. The molecular weight excluding hydrogens is 233 g/mol. The average Bonchev–Trinajstić information content (AvgIpc) is 2.39. The van der Waals surface area contributed by atoms with Crippen LogP contribution in [0, 0.1) is 5.82 Å². The fourth-order valence-corrected chi connectivity index (χ4v) is 2.41. The van der Waals surface area contributed by atoms with E-state index >= 15 is 0 Å². The number of halogens is 1. The van der Waals surface area contributed by atoms with E-state index in [1.54, 1.807) is 6.07 Å². The predicted octanol–water partition coefficient (Wildman–Crippen LogP) is 2.32. The molecule has 1 aliphatic rings. The van der Waals surface area contributed by atoms with E-state index < -0.39 is 0 Å². The van der Waals surface area contributed by atoms with Gasteiger partial charge in [-0.05, 0) is 37.5 Å². The van der Waals surface area contributed by atoms with Crippen LogP contribution in [0.3, 0.4) is 0 Å². The molecule has 100 valence electrons. The zero-order valence-corrected chi connectivity index (χ0v) is 10.7. The van der Waals surface area contributed by atoms with Gasteiger partial charge in [-0.2, -0.15) is 0 Å². The third-order valence-corrected chi connectivity index (χ3v) is 3.37. The lowest BCUT2D eigenvalue weighted by Crippen LogP contribution is -2.33. The number of anilines is 1. The number of aliphatic hydroxyl groups excluding tert-OH is 1. The number of benzene rings is 1. The largest absolute Gasteiger partial charge is 0.392 e. The minimum Gasteiger partial charge on any atom is -0.392 e. The van der Waals surface area contributed by atoms with Crippen molar-refractivity contribution in [3.8, 4) is 0 Å². The lowest BCUT2D eigenvalue weighted by atomic mass is 10.1. The molecule has 0 amide bonds. The molecular formula is C14H20FNO2. The first-order valence-electron chi connectivity index (χ1n) is 6.42. The van der Waals surface area contributed by atoms with Crippen molar-refractivity contribution in [2.45, 2.75) is 32.0 Å². The van der Waals surface area contributed by atoms with E-state index in [4.69, 9.17) is 4.74 Å². The third kappa shape index (κ3) is 3.21. The van der Waals surface area contributed by atoms with Crippen LogP contribution in [0.1, 0.15) is 24.8 Å². The normalized spacial score (nSPS) is 19.8. The summed E-state index contributed by atoms with van der Waals surface area (Å²) < 4.78 is 18.8. The maximum Gasteiger partial charge on any atom is 0.123 e. The molecule has 0 saturated carbocycles. The van der Waals surface area contributed by atoms with Gasteiger partial charge in [0.25, 0.3) is 0 Å². The van der Waals surface area contributed by atoms with Crippen molar-refractivity contribution in [1.82, 2.24) is 0 Å². The maximum absolute atomic E-state index is 13.1. The van der Waals surface area contributed by atoms with Gasteiger partial charge in [0.05, 0.1) is 12.7 Å². The van der Waals surface area contributed by atoms with E-state index in [2.05, 4.69) is 0 Å². The summed E-state index contributed by atoms with van der Waals surface area (Å²) in [6, 6.07) is 4.52. The summed E-state index contributed by atoms with van der Waals surface area (Å²) in [6.07, 6.45) is 3.65. The van der Waals surface area contributed by atoms with Gasteiger partial charge in [-0.25, -0.2) is 4.39 Å². The Morgan fingerprint density at radius 1 is 1.44 bits per heavy atom. The molecule has 4 heteroatoms. The molecule has 1 atom stereocenters. The van der Waals surface area contributed by atoms with Crippen LogP contribution < -0.4 is 4.90 Å². The summed E-state index contributed by atoms with van der Waals surface area (Å²) in [5, 5.41) is 9.27. The highest BCUT2D eigenvalue weighted by Gasteiger charge is 2.17. The lowest BCUT2D eigenvalue weighted by Gasteiger charge is -2.29. The number of aliphatic hydroxyl groups is 1. The van der Waals surface area contributed by atoms with Crippen molar-refractivity contribution in [2.75, 3.05) is 25.1 Å². The molecule has 1 aliphatic heterocycles. The van der Waals surface area contributed by atoms with Crippen LogP contribution >= 0.6 is 0 Å². The number of ether oxygens (including phenoxy) is 1. The van der Waals surface area contributed by atoms with Gasteiger partial charge in [-0.1, -0.05) is 0 Å². The van der Waals surface area contributed by atoms with E-state index in [0.29, 0.717) is 5.56 Å². The summed E-state index contributed by atoms with van der Waals surface area (Å²) in [6.45, 7) is 1.45. The summed E-state index contributed by atoms with van der Waals surface area (Å²) >= 11 is 0. The highest BCUT2D eigenvalue weighted by molar-refractivity contribution is 5.53. The monoisotopic (exact) mass is 253 g/mol. The summed E-state index contributed by atoms with van der Waals surface area (Å²) in [5.74, 6) is -0.315. The molecule has 1 aromatic rings. The molecule has 0 radical (unpaired) electrons. The van der Waals surface area contributed by atoms with Gasteiger partial charge in [-0.15, -0.1) is 0 Å². The molecule has 1 saturated heterocycles. The van der Waals surface area contributed by atoms with Crippen LogP contribution in [0.15, 0.2) is 18.2 Å². The topological polar surface area (TPSA) is 32.7 Å². The van der Waals surface area contributed by atoms with Crippen LogP contribution in [-0.4, -0.2) is 31.4 Å². The van der Waals surface area contributed by atoms with Gasteiger partial charge in [0.1, 0.15) is 5.82 Å². The summed E-state index contributed by atoms with van der Waals surface area (Å²) in [4.78, 5) is 2.03. The molecule has 2 rings (SSSR count). The minimum atomic E-state index is -0.315. The van der Waals surface area contributed by atoms with Gasteiger partial charge >= 0.3 is 0 Å². The van der Waals surface area contributed by atoms with Crippen LogP contribution in [0.25, 0.3) is 0 Å².